The van der Waals surface area contributed by atoms with Crippen molar-refractivity contribution < 1.29 is 9.94 Å². The Labute approximate surface area is 210 Å². The molecule has 1 saturated heterocycles. The molecular weight excluding hydrogens is 456 g/mol. The molecule has 3 heterocycles. The molecule has 0 bridgehead atoms. The van der Waals surface area contributed by atoms with Crippen LogP contribution < -0.4 is 15.8 Å². The largest absolute Gasteiger partial charge is 0.487 e. The van der Waals surface area contributed by atoms with Gasteiger partial charge in [0, 0.05) is 36.6 Å². The SMILES string of the molecule is C=CN(O)N1CCCC(Nc2ncnc(N)c2C(=N)c2ccc(OCc3cccc(C)n3)c(C)c2)C1. The number of hydrogen-bond donors (Lipinski definition) is 4. The second-order valence-electron chi connectivity index (χ2n) is 8.80. The Morgan fingerprint density at radius 2 is 2.17 bits per heavy atom. The summed E-state index contributed by atoms with van der Waals surface area (Å²) in [6, 6.07) is 11.4. The number of hydrogen-bond acceptors (Lipinski definition) is 10. The van der Waals surface area contributed by atoms with E-state index in [-0.39, 0.29) is 17.6 Å². The van der Waals surface area contributed by atoms with Gasteiger partial charge in [-0.2, -0.15) is 10.2 Å². The Kier molecular flexibility index (Phi) is 7.77. The number of aryl methyl sites for hydroxylation is 2. The van der Waals surface area contributed by atoms with Gasteiger partial charge in [0.25, 0.3) is 0 Å². The van der Waals surface area contributed by atoms with Crippen molar-refractivity contribution >= 4 is 17.3 Å². The number of anilines is 2. The fourth-order valence-electron chi connectivity index (χ4n) is 4.27. The Hall–Kier alpha value is -4.02. The monoisotopic (exact) mass is 488 g/mol. The van der Waals surface area contributed by atoms with Crippen LogP contribution in [0.15, 0.2) is 55.5 Å². The molecule has 1 aliphatic rings. The summed E-state index contributed by atoms with van der Waals surface area (Å²) in [6.07, 6.45) is 4.52. The molecule has 1 atom stereocenters. The number of benzene rings is 1. The van der Waals surface area contributed by atoms with Crippen LogP contribution >= 0.6 is 0 Å². The number of nitrogens with two attached hydrogens (primary N) is 1. The molecule has 0 saturated carbocycles. The lowest BCUT2D eigenvalue weighted by Crippen LogP contribution is -2.48. The van der Waals surface area contributed by atoms with E-state index in [0.717, 1.165) is 47.3 Å². The van der Waals surface area contributed by atoms with E-state index in [2.05, 4.69) is 26.8 Å². The molecule has 0 radical (unpaired) electrons. The van der Waals surface area contributed by atoms with E-state index in [1.807, 2.05) is 50.2 Å². The summed E-state index contributed by atoms with van der Waals surface area (Å²) in [5.74, 6) is 1.44. The third-order valence-corrected chi connectivity index (χ3v) is 6.11. The van der Waals surface area contributed by atoms with Gasteiger partial charge in [0.2, 0.25) is 0 Å². The van der Waals surface area contributed by atoms with Crippen molar-refractivity contribution in [1.29, 1.82) is 5.41 Å². The maximum atomic E-state index is 9.99. The summed E-state index contributed by atoms with van der Waals surface area (Å²) >= 11 is 0. The van der Waals surface area contributed by atoms with Crippen molar-refractivity contribution in [2.45, 2.75) is 39.3 Å². The average molecular weight is 489 g/mol. The highest BCUT2D eigenvalue weighted by Gasteiger charge is 2.25. The maximum Gasteiger partial charge on any atom is 0.141 e. The zero-order valence-electron chi connectivity index (χ0n) is 20.6. The molecule has 0 spiro atoms. The fraction of sp³-hybridized carbons (Fsp3) is 0.308. The summed E-state index contributed by atoms with van der Waals surface area (Å²) in [5, 5.41) is 25.1. The zero-order valence-corrected chi connectivity index (χ0v) is 20.6. The normalized spacial score (nSPS) is 15.8. The topological polar surface area (TPSA) is 137 Å². The molecule has 3 aromatic rings. The Morgan fingerprint density at radius 3 is 2.92 bits per heavy atom. The molecule has 1 aliphatic heterocycles. The lowest BCUT2D eigenvalue weighted by atomic mass is 10.00. The fourth-order valence-corrected chi connectivity index (χ4v) is 4.27. The van der Waals surface area contributed by atoms with Crippen LogP contribution in [0.4, 0.5) is 11.6 Å². The predicted molar refractivity (Wildman–Crippen MR) is 139 cm³/mol. The number of hydrazine groups is 1. The summed E-state index contributed by atoms with van der Waals surface area (Å²) in [6.45, 7) is 9.14. The number of nitrogen functional groups attached to an aromatic ring is 1. The first-order valence-electron chi connectivity index (χ1n) is 11.8. The minimum Gasteiger partial charge on any atom is -0.487 e. The number of ether oxygens (including phenoxy) is 1. The number of aromatic nitrogens is 3. The number of piperidine rings is 1. The molecule has 10 heteroatoms. The van der Waals surface area contributed by atoms with Crippen molar-refractivity contribution in [2.75, 3.05) is 24.1 Å². The molecule has 0 aliphatic carbocycles. The maximum absolute atomic E-state index is 9.99. The van der Waals surface area contributed by atoms with Crippen molar-refractivity contribution in [2.24, 2.45) is 0 Å². The average Bonchev–Trinajstić information content (AvgIpc) is 2.87. The van der Waals surface area contributed by atoms with Gasteiger partial charge in [-0.3, -0.25) is 15.6 Å². The number of hydroxylamine groups is 1. The molecular formula is C26H32N8O2. The Morgan fingerprint density at radius 1 is 1.33 bits per heavy atom. The highest BCUT2D eigenvalue weighted by molar-refractivity contribution is 6.16. The van der Waals surface area contributed by atoms with Crippen LogP contribution in [0.5, 0.6) is 5.75 Å². The van der Waals surface area contributed by atoms with E-state index in [1.54, 1.807) is 5.01 Å². The van der Waals surface area contributed by atoms with Gasteiger partial charge in [-0.15, -0.1) is 0 Å². The molecule has 1 aromatic carbocycles. The third kappa shape index (κ3) is 5.78. The summed E-state index contributed by atoms with van der Waals surface area (Å²) in [4.78, 5) is 13.0. The van der Waals surface area contributed by atoms with Crippen molar-refractivity contribution in [3.63, 3.8) is 0 Å². The second kappa shape index (κ2) is 11.1. The van der Waals surface area contributed by atoms with Gasteiger partial charge in [0.15, 0.2) is 0 Å². The minimum atomic E-state index is 0.00180. The zero-order chi connectivity index (χ0) is 25.7. The smallest absolute Gasteiger partial charge is 0.141 e. The van der Waals surface area contributed by atoms with E-state index in [0.29, 0.717) is 30.1 Å². The molecule has 5 N–H and O–H groups in total. The third-order valence-electron chi connectivity index (χ3n) is 6.11. The molecule has 1 fully saturated rings. The van der Waals surface area contributed by atoms with E-state index in [1.165, 1.54) is 12.5 Å². The van der Waals surface area contributed by atoms with Crippen LogP contribution in [0.25, 0.3) is 0 Å². The molecule has 188 valence electrons. The molecule has 2 aromatic heterocycles. The van der Waals surface area contributed by atoms with Gasteiger partial charge < -0.3 is 15.8 Å². The Bertz CT molecular complexity index is 1250. The first kappa shape index (κ1) is 25.1. The van der Waals surface area contributed by atoms with Gasteiger partial charge in [-0.1, -0.05) is 12.6 Å². The van der Waals surface area contributed by atoms with E-state index >= 15 is 0 Å². The number of nitrogens with one attached hydrogen (secondary N) is 2. The second-order valence-corrected chi connectivity index (χ2v) is 8.80. The van der Waals surface area contributed by atoms with Crippen molar-refractivity contribution in [3.8, 4) is 5.75 Å². The Balaban J connectivity index is 1.51. The standard InChI is InChI=1S/C26H32N8O2/c1-4-34(35)33-12-6-9-20(14-33)32-26-23(25(28)29-16-30-26)24(27)19-10-11-22(17(2)13-19)36-15-21-8-5-7-18(3)31-21/h4-5,7-8,10-11,13,16,20,27,35H,1,6,9,12,14-15H2,2-3H3,(H3,28,29,30,32). The van der Waals surface area contributed by atoms with Crippen LogP contribution in [0.1, 0.15) is 40.9 Å². The van der Waals surface area contributed by atoms with Crippen LogP contribution in [-0.4, -0.2) is 55.2 Å². The van der Waals surface area contributed by atoms with E-state index in [9.17, 15) is 5.21 Å². The number of rotatable bonds is 9. The van der Waals surface area contributed by atoms with Crippen LogP contribution in [-0.2, 0) is 6.61 Å². The van der Waals surface area contributed by atoms with E-state index in [4.69, 9.17) is 15.9 Å². The summed E-state index contributed by atoms with van der Waals surface area (Å²) in [5.41, 5.74) is 10.2. The first-order valence-corrected chi connectivity index (χ1v) is 11.8. The van der Waals surface area contributed by atoms with Gasteiger partial charge in [0.1, 0.15) is 30.3 Å². The molecule has 1 unspecified atom stereocenters. The molecule has 10 nitrogen and oxygen atoms in total. The lowest BCUT2D eigenvalue weighted by molar-refractivity contribution is -0.212. The molecule has 36 heavy (non-hydrogen) atoms. The van der Waals surface area contributed by atoms with Crippen molar-refractivity contribution in [3.05, 3.63) is 83.6 Å². The van der Waals surface area contributed by atoms with Gasteiger partial charge in [-0.25, -0.2) is 9.97 Å². The molecule has 4 rings (SSSR count). The molecule has 0 amide bonds. The van der Waals surface area contributed by atoms with Crippen LogP contribution in [0, 0.1) is 19.3 Å². The summed E-state index contributed by atoms with van der Waals surface area (Å²) in [7, 11) is 0. The van der Waals surface area contributed by atoms with Crippen molar-refractivity contribution in [1.82, 2.24) is 25.1 Å². The summed E-state index contributed by atoms with van der Waals surface area (Å²) < 4.78 is 5.97. The highest BCUT2D eigenvalue weighted by Crippen LogP contribution is 2.27. The van der Waals surface area contributed by atoms with Gasteiger partial charge >= 0.3 is 0 Å². The van der Waals surface area contributed by atoms with Crippen LogP contribution in [0.2, 0.25) is 0 Å². The highest BCUT2D eigenvalue weighted by atomic mass is 16.5. The quantitative estimate of drug-likeness (QED) is 0.262. The first-order chi connectivity index (χ1) is 17.4. The predicted octanol–water partition coefficient (Wildman–Crippen LogP) is 3.69. The van der Waals surface area contributed by atoms with Gasteiger partial charge in [0.05, 0.1) is 17.0 Å². The van der Waals surface area contributed by atoms with Crippen LogP contribution in [0.3, 0.4) is 0 Å². The number of pyridine rings is 1. The van der Waals surface area contributed by atoms with Gasteiger partial charge in [-0.05, 0) is 62.6 Å². The lowest BCUT2D eigenvalue weighted by Gasteiger charge is -2.36. The number of nitrogens with zero attached hydrogens (tertiary/aromatic N) is 5. The van der Waals surface area contributed by atoms with E-state index < -0.39 is 0 Å². The minimum absolute atomic E-state index is 0.00180.